The number of benzene rings is 1. The van der Waals surface area contributed by atoms with Gasteiger partial charge in [-0.15, -0.1) is 0 Å². The summed E-state index contributed by atoms with van der Waals surface area (Å²) in [4.78, 5) is 17.4. The first-order valence-electron chi connectivity index (χ1n) is 5.00. The standard InChI is InChI=1S/C11H8ClN3O3/c12-11-13-6-9(15(16)17)10(14-11)18-7-8-4-2-1-3-5-8/h1-6H,7H2. The van der Waals surface area contributed by atoms with E-state index in [1.807, 2.05) is 30.3 Å². The first-order chi connectivity index (χ1) is 8.66. The van der Waals surface area contributed by atoms with E-state index in [0.717, 1.165) is 11.8 Å². The Balaban J connectivity index is 2.18. The Morgan fingerprint density at radius 1 is 1.33 bits per heavy atom. The van der Waals surface area contributed by atoms with E-state index in [2.05, 4.69) is 9.97 Å². The molecule has 0 spiro atoms. The van der Waals surface area contributed by atoms with E-state index in [-0.39, 0.29) is 23.5 Å². The zero-order valence-corrected chi connectivity index (χ0v) is 9.87. The predicted molar refractivity (Wildman–Crippen MR) is 64.5 cm³/mol. The Labute approximate surface area is 107 Å². The molecule has 1 aromatic heterocycles. The summed E-state index contributed by atoms with van der Waals surface area (Å²) in [7, 11) is 0. The number of nitro groups is 1. The Bertz CT molecular complexity index is 563. The second kappa shape index (κ2) is 5.42. The summed E-state index contributed by atoms with van der Waals surface area (Å²) in [5, 5.41) is 10.7. The van der Waals surface area contributed by atoms with E-state index in [1.165, 1.54) is 0 Å². The van der Waals surface area contributed by atoms with Crippen molar-refractivity contribution in [3.63, 3.8) is 0 Å². The summed E-state index contributed by atoms with van der Waals surface area (Å²) >= 11 is 5.58. The van der Waals surface area contributed by atoms with Gasteiger partial charge in [-0.2, -0.15) is 4.98 Å². The van der Waals surface area contributed by atoms with Crippen LogP contribution in [0, 0.1) is 10.1 Å². The molecule has 0 radical (unpaired) electrons. The van der Waals surface area contributed by atoms with Crippen molar-refractivity contribution in [1.29, 1.82) is 0 Å². The zero-order valence-electron chi connectivity index (χ0n) is 9.12. The van der Waals surface area contributed by atoms with Gasteiger partial charge in [-0.25, -0.2) is 4.98 Å². The minimum atomic E-state index is -0.614. The number of ether oxygens (including phenoxy) is 1. The highest BCUT2D eigenvalue weighted by Gasteiger charge is 2.18. The second-order valence-corrected chi connectivity index (χ2v) is 3.70. The minimum absolute atomic E-state index is 0.0938. The first kappa shape index (κ1) is 12.3. The normalized spacial score (nSPS) is 10.1. The van der Waals surface area contributed by atoms with Crippen molar-refractivity contribution >= 4 is 17.3 Å². The molecule has 0 saturated heterocycles. The third-order valence-electron chi connectivity index (χ3n) is 2.12. The van der Waals surface area contributed by atoms with Gasteiger partial charge in [0, 0.05) is 0 Å². The number of halogens is 1. The van der Waals surface area contributed by atoms with Crippen LogP contribution < -0.4 is 4.74 Å². The SMILES string of the molecule is O=[N+]([O-])c1cnc(Cl)nc1OCc1ccccc1. The van der Waals surface area contributed by atoms with Crippen LogP contribution in [0.2, 0.25) is 5.28 Å². The number of nitrogens with zero attached hydrogens (tertiary/aromatic N) is 3. The smallest absolute Gasteiger partial charge is 0.349 e. The molecule has 0 N–H and O–H groups in total. The molecular weight excluding hydrogens is 258 g/mol. The fourth-order valence-electron chi connectivity index (χ4n) is 1.30. The lowest BCUT2D eigenvalue weighted by Gasteiger charge is -2.05. The summed E-state index contributed by atoms with van der Waals surface area (Å²) in [6.07, 6.45) is 1.02. The van der Waals surface area contributed by atoms with E-state index in [0.29, 0.717) is 0 Å². The van der Waals surface area contributed by atoms with Gasteiger partial charge < -0.3 is 4.74 Å². The molecule has 0 bridgehead atoms. The van der Waals surface area contributed by atoms with E-state index in [9.17, 15) is 10.1 Å². The van der Waals surface area contributed by atoms with E-state index >= 15 is 0 Å². The van der Waals surface area contributed by atoms with Crippen molar-refractivity contribution in [3.05, 3.63) is 57.5 Å². The lowest BCUT2D eigenvalue weighted by molar-refractivity contribution is -0.386. The van der Waals surface area contributed by atoms with Crippen LogP contribution in [0.5, 0.6) is 5.88 Å². The topological polar surface area (TPSA) is 78.2 Å². The van der Waals surface area contributed by atoms with Crippen LogP contribution in [0.15, 0.2) is 36.5 Å². The van der Waals surface area contributed by atoms with Gasteiger partial charge in [-0.3, -0.25) is 10.1 Å². The third-order valence-corrected chi connectivity index (χ3v) is 2.30. The largest absolute Gasteiger partial charge is 0.468 e. The summed E-state index contributed by atoms with van der Waals surface area (Å²) in [5.41, 5.74) is 0.567. The maximum absolute atomic E-state index is 10.7. The molecule has 0 amide bonds. The van der Waals surface area contributed by atoms with Crippen molar-refractivity contribution in [2.24, 2.45) is 0 Å². The molecule has 18 heavy (non-hydrogen) atoms. The average molecular weight is 266 g/mol. The number of aromatic nitrogens is 2. The van der Waals surface area contributed by atoms with E-state index < -0.39 is 4.92 Å². The van der Waals surface area contributed by atoms with Crippen LogP contribution in [-0.4, -0.2) is 14.9 Å². The number of rotatable bonds is 4. The fraction of sp³-hybridized carbons (Fsp3) is 0.0909. The van der Waals surface area contributed by atoms with Crippen LogP contribution in [0.1, 0.15) is 5.56 Å². The predicted octanol–water partition coefficient (Wildman–Crippen LogP) is 2.62. The second-order valence-electron chi connectivity index (χ2n) is 3.36. The Morgan fingerprint density at radius 3 is 2.72 bits per heavy atom. The molecule has 2 rings (SSSR count). The fourth-order valence-corrected chi connectivity index (χ4v) is 1.42. The van der Waals surface area contributed by atoms with Crippen LogP contribution in [0.4, 0.5) is 5.69 Å². The lowest BCUT2D eigenvalue weighted by Crippen LogP contribution is -2.02. The summed E-state index contributed by atoms with van der Waals surface area (Å²) < 4.78 is 5.29. The van der Waals surface area contributed by atoms with Gasteiger partial charge in [0.1, 0.15) is 12.8 Å². The Hall–Kier alpha value is -2.21. The van der Waals surface area contributed by atoms with Crippen LogP contribution in [-0.2, 0) is 6.61 Å². The van der Waals surface area contributed by atoms with Crippen molar-refractivity contribution < 1.29 is 9.66 Å². The molecule has 1 heterocycles. The third kappa shape index (κ3) is 2.92. The maximum atomic E-state index is 10.7. The van der Waals surface area contributed by atoms with Crippen LogP contribution >= 0.6 is 11.6 Å². The van der Waals surface area contributed by atoms with Gasteiger partial charge in [0.15, 0.2) is 0 Å². The number of hydrogen-bond acceptors (Lipinski definition) is 5. The Morgan fingerprint density at radius 2 is 2.06 bits per heavy atom. The molecular formula is C11H8ClN3O3. The van der Waals surface area contributed by atoms with Crippen molar-refractivity contribution in [2.75, 3.05) is 0 Å². The van der Waals surface area contributed by atoms with Gasteiger partial charge in [0.25, 0.3) is 5.88 Å². The molecule has 0 unspecified atom stereocenters. The monoisotopic (exact) mass is 265 g/mol. The summed E-state index contributed by atoms with van der Waals surface area (Å²) in [6.45, 7) is 0.176. The van der Waals surface area contributed by atoms with Gasteiger partial charge in [-0.1, -0.05) is 30.3 Å². The molecule has 0 aliphatic carbocycles. The summed E-state index contributed by atoms with van der Waals surface area (Å²) in [5.74, 6) is -0.135. The average Bonchev–Trinajstić information content (AvgIpc) is 2.37. The van der Waals surface area contributed by atoms with Gasteiger partial charge in [0.2, 0.25) is 5.28 Å². The van der Waals surface area contributed by atoms with Crippen LogP contribution in [0.3, 0.4) is 0 Å². The molecule has 0 aliphatic rings. The van der Waals surface area contributed by atoms with E-state index in [4.69, 9.17) is 16.3 Å². The lowest BCUT2D eigenvalue weighted by atomic mass is 10.2. The molecule has 7 heteroatoms. The first-order valence-corrected chi connectivity index (χ1v) is 5.38. The molecule has 0 atom stereocenters. The molecule has 1 aromatic carbocycles. The highest BCUT2D eigenvalue weighted by Crippen LogP contribution is 2.25. The summed E-state index contributed by atoms with van der Waals surface area (Å²) in [6, 6.07) is 9.25. The molecule has 0 fully saturated rings. The van der Waals surface area contributed by atoms with Crippen molar-refractivity contribution in [2.45, 2.75) is 6.61 Å². The minimum Gasteiger partial charge on any atom is -0.468 e. The maximum Gasteiger partial charge on any atom is 0.349 e. The molecule has 0 saturated carbocycles. The van der Waals surface area contributed by atoms with Gasteiger partial charge >= 0.3 is 5.69 Å². The molecule has 92 valence electrons. The van der Waals surface area contributed by atoms with Crippen molar-refractivity contribution in [3.8, 4) is 5.88 Å². The van der Waals surface area contributed by atoms with Crippen LogP contribution in [0.25, 0.3) is 0 Å². The molecule has 0 aliphatic heterocycles. The molecule has 2 aromatic rings. The highest BCUT2D eigenvalue weighted by molar-refractivity contribution is 6.28. The zero-order chi connectivity index (χ0) is 13.0. The Kier molecular flexibility index (Phi) is 3.69. The van der Waals surface area contributed by atoms with Gasteiger partial charge in [0.05, 0.1) is 4.92 Å². The highest BCUT2D eigenvalue weighted by atomic mass is 35.5. The quantitative estimate of drug-likeness (QED) is 0.482. The van der Waals surface area contributed by atoms with Gasteiger partial charge in [-0.05, 0) is 17.2 Å². The number of hydrogen-bond donors (Lipinski definition) is 0. The van der Waals surface area contributed by atoms with Crippen molar-refractivity contribution in [1.82, 2.24) is 9.97 Å². The molecule has 6 nitrogen and oxygen atoms in total. The van der Waals surface area contributed by atoms with E-state index in [1.54, 1.807) is 0 Å².